The lowest BCUT2D eigenvalue weighted by molar-refractivity contribution is -0.131. The molecule has 0 saturated carbocycles. The Hall–Kier alpha value is -1.79. The molecule has 0 aliphatic carbocycles. The van der Waals surface area contributed by atoms with Crippen LogP contribution in [-0.4, -0.2) is 56.0 Å². The fraction of sp³-hybridized carbons (Fsp3) is 0.467. The third-order valence-electron chi connectivity index (χ3n) is 3.79. The highest BCUT2D eigenvalue weighted by atomic mass is 35.5. The smallest absolute Gasteiger partial charge is 0.265 e. The number of hydrogen-bond acceptors (Lipinski definition) is 4. The number of fused-ring (bicyclic) bond motifs is 1. The van der Waals surface area contributed by atoms with Crippen LogP contribution in [0.25, 0.3) is 0 Å². The Balaban J connectivity index is 0.00000176. The molecular weight excluding hydrogens is 306 g/mol. The summed E-state index contributed by atoms with van der Waals surface area (Å²) in [5.74, 6) is 0.473. The minimum Gasteiger partial charge on any atom is -0.482 e. The van der Waals surface area contributed by atoms with Crippen molar-refractivity contribution in [2.24, 2.45) is 0 Å². The van der Waals surface area contributed by atoms with Crippen LogP contribution in [0.15, 0.2) is 24.3 Å². The van der Waals surface area contributed by atoms with Gasteiger partial charge in [0.15, 0.2) is 6.61 Å². The highest BCUT2D eigenvalue weighted by molar-refractivity contribution is 6.02. The number of hydrogen-bond donors (Lipinski definition) is 1. The van der Waals surface area contributed by atoms with E-state index in [1.807, 2.05) is 29.2 Å². The summed E-state index contributed by atoms with van der Waals surface area (Å²) in [6.07, 6.45) is 0.944. The van der Waals surface area contributed by atoms with Gasteiger partial charge in [-0.05, 0) is 25.1 Å². The minimum absolute atomic E-state index is 0. The first-order valence-corrected chi connectivity index (χ1v) is 7.26. The number of carbonyl (C=O) groups excluding carboxylic acids is 2. The minimum atomic E-state index is -0.171. The van der Waals surface area contributed by atoms with Gasteiger partial charge >= 0.3 is 0 Å². The van der Waals surface area contributed by atoms with Gasteiger partial charge in [-0.1, -0.05) is 12.1 Å². The zero-order valence-electron chi connectivity index (χ0n) is 12.3. The van der Waals surface area contributed by atoms with Gasteiger partial charge in [-0.15, -0.1) is 12.4 Å². The topological polar surface area (TPSA) is 61.9 Å². The molecule has 0 atom stereocenters. The van der Waals surface area contributed by atoms with E-state index in [0.717, 1.165) is 26.1 Å². The Labute approximate surface area is 135 Å². The van der Waals surface area contributed by atoms with Crippen LogP contribution >= 0.6 is 12.4 Å². The lowest BCUT2D eigenvalue weighted by Crippen LogP contribution is -2.47. The number of nitrogens with zero attached hydrogens (tertiary/aromatic N) is 2. The van der Waals surface area contributed by atoms with Crippen LogP contribution in [0.2, 0.25) is 0 Å². The molecule has 120 valence electrons. The zero-order chi connectivity index (χ0) is 14.7. The molecule has 2 amide bonds. The van der Waals surface area contributed by atoms with Gasteiger partial charge in [0.25, 0.3) is 5.91 Å². The van der Waals surface area contributed by atoms with E-state index in [-0.39, 0.29) is 37.4 Å². The van der Waals surface area contributed by atoms with E-state index in [1.54, 1.807) is 0 Å². The number of carbonyl (C=O) groups is 2. The van der Waals surface area contributed by atoms with E-state index in [4.69, 9.17) is 4.74 Å². The molecule has 1 aromatic carbocycles. The van der Waals surface area contributed by atoms with Gasteiger partial charge in [-0.2, -0.15) is 0 Å². The van der Waals surface area contributed by atoms with Gasteiger partial charge in [-0.25, -0.2) is 0 Å². The van der Waals surface area contributed by atoms with E-state index in [9.17, 15) is 9.59 Å². The Morgan fingerprint density at radius 2 is 2.05 bits per heavy atom. The van der Waals surface area contributed by atoms with Crippen molar-refractivity contribution in [3.05, 3.63) is 24.3 Å². The molecule has 3 rings (SSSR count). The van der Waals surface area contributed by atoms with Crippen molar-refractivity contribution in [2.75, 3.05) is 44.2 Å². The first-order valence-electron chi connectivity index (χ1n) is 7.26. The molecule has 0 bridgehead atoms. The zero-order valence-corrected chi connectivity index (χ0v) is 13.1. The number of rotatable bonds is 2. The second kappa shape index (κ2) is 7.47. The lowest BCUT2D eigenvalue weighted by atomic mass is 10.2. The third kappa shape index (κ3) is 3.51. The molecule has 2 heterocycles. The predicted octanol–water partition coefficient (Wildman–Crippen LogP) is 0.656. The predicted molar refractivity (Wildman–Crippen MR) is 85.6 cm³/mol. The van der Waals surface area contributed by atoms with Crippen LogP contribution in [0, 0.1) is 0 Å². The quantitative estimate of drug-likeness (QED) is 0.867. The average Bonchev–Trinajstić information content (AvgIpc) is 2.79. The van der Waals surface area contributed by atoms with E-state index >= 15 is 0 Å². The van der Waals surface area contributed by atoms with E-state index < -0.39 is 0 Å². The molecule has 1 aromatic rings. The maximum atomic E-state index is 12.4. The molecule has 7 heteroatoms. The number of anilines is 1. The van der Waals surface area contributed by atoms with Crippen LogP contribution in [0.1, 0.15) is 6.42 Å². The molecule has 1 saturated heterocycles. The largest absolute Gasteiger partial charge is 0.482 e. The van der Waals surface area contributed by atoms with Crippen molar-refractivity contribution >= 4 is 29.9 Å². The summed E-state index contributed by atoms with van der Waals surface area (Å²) in [6, 6.07) is 7.32. The van der Waals surface area contributed by atoms with E-state index in [1.165, 1.54) is 4.90 Å². The summed E-state index contributed by atoms with van der Waals surface area (Å²) in [5.41, 5.74) is 0.676. The van der Waals surface area contributed by atoms with Gasteiger partial charge < -0.3 is 15.0 Å². The van der Waals surface area contributed by atoms with Crippen molar-refractivity contribution in [1.82, 2.24) is 10.2 Å². The molecule has 0 aromatic heterocycles. The molecular formula is C15H20ClN3O3. The SMILES string of the molecule is Cl.O=C(CN1C(=O)COc2ccccc21)N1CCCNCC1. The van der Waals surface area contributed by atoms with Crippen molar-refractivity contribution < 1.29 is 14.3 Å². The summed E-state index contributed by atoms with van der Waals surface area (Å²) in [6.45, 7) is 3.25. The van der Waals surface area contributed by atoms with Gasteiger partial charge in [0.2, 0.25) is 5.91 Å². The number of para-hydroxylation sites is 2. The van der Waals surface area contributed by atoms with E-state index in [2.05, 4.69) is 5.32 Å². The molecule has 0 spiro atoms. The average molecular weight is 326 g/mol. The van der Waals surface area contributed by atoms with Gasteiger partial charge in [0, 0.05) is 19.6 Å². The Kier molecular flexibility index (Phi) is 5.63. The highest BCUT2D eigenvalue weighted by Gasteiger charge is 2.28. The maximum absolute atomic E-state index is 12.4. The molecule has 0 radical (unpaired) electrons. The van der Waals surface area contributed by atoms with Crippen molar-refractivity contribution in [2.45, 2.75) is 6.42 Å². The fourth-order valence-corrected chi connectivity index (χ4v) is 2.66. The Morgan fingerprint density at radius 3 is 2.91 bits per heavy atom. The first kappa shape index (κ1) is 16.6. The second-order valence-electron chi connectivity index (χ2n) is 5.22. The van der Waals surface area contributed by atoms with Crippen LogP contribution in [0.5, 0.6) is 5.75 Å². The summed E-state index contributed by atoms with van der Waals surface area (Å²) in [4.78, 5) is 27.9. The first-order chi connectivity index (χ1) is 10.3. The molecule has 1 fully saturated rings. The lowest BCUT2D eigenvalue weighted by Gasteiger charge is -2.30. The normalized spacial score (nSPS) is 17.9. The van der Waals surface area contributed by atoms with Crippen LogP contribution in [0.4, 0.5) is 5.69 Å². The molecule has 0 unspecified atom stereocenters. The molecule has 2 aliphatic heterocycles. The van der Waals surface area contributed by atoms with Crippen molar-refractivity contribution in [1.29, 1.82) is 0 Å². The Bertz CT molecular complexity index is 545. The monoisotopic (exact) mass is 325 g/mol. The highest BCUT2D eigenvalue weighted by Crippen LogP contribution is 2.31. The molecule has 2 aliphatic rings. The number of benzene rings is 1. The summed E-state index contributed by atoms with van der Waals surface area (Å²) in [7, 11) is 0. The standard InChI is InChI=1S/C15H19N3O3.ClH/c19-14(17-8-3-6-16-7-9-17)10-18-12-4-1-2-5-13(12)21-11-15(18)20;/h1-2,4-5,16H,3,6-11H2;1H. The van der Waals surface area contributed by atoms with Crippen molar-refractivity contribution in [3.8, 4) is 5.75 Å². The van der Waals surface area contributed by atoms with Gasteiger partial charge in [0.05, 0.1) is 5.69 Å². The number of amides is 2. The number of nitrogens with one attached hydrogen (secondary N) is 1. The third-order valence-corrected chi connectivity index (χ3v) is 3.79. The summed E-state index contributed by atoms with van der Waals surface area (Å²) >= 11 is 0. The fourth-order valence-electron chi connectivity index (χ4n) is 2.66. The number of ether oxygens (including phenoxy) is 1. The maximum Gasteiger partial charge on any atom is 0.265 e. The van der Waals surface area contributed by atoms with E-state index in [0.29, 0.717) is 18.0 Å². The number of halogens is 1. The van der Waals surface area contributed by atoms with Crippen LogP contribution in [0.3, 0.4) is 0 Å². The Morgan fingerprint density at radius 1 is 1.23 bits per heavy atom. The molecule has 6 nitrogen and oxygen atoms in total. The summed E-state index contributed by atoms with van der Waals surface area (Å²) in [5, 5.41) is 3.27. The molecule has 1 N–H and O–H groups in total. The van der Waals surface area contributed by atoms with Crippen LogP contribution < -0.4 is 15.0 Å². The van der Waals surface area contributed by atoms with Gasteiger partial charge in [-0.3, -0.25) is 14.5 Å². The summed E-state index contributed by atoms with van der Waals surface area (Å²) < 4.78 is 5.39. The molecule has 22 heavy (non-hydrogen) atoms. The van der Waals surface area contributed by atoms with Gasteiger partial charge in [0.1, 0.15) is 12.3 Å². The second-order valence-corrected chi connectivity index (χ2v) is 5.22. The van der Waals surface area contributed by atoms with Crippen LogP contribution in [-0.2, 0) is 9.59 Å². The van der Waals surface area contributed by atoms with Crippen molar-refractivity contribution in [3.63, 3.8) is 0 Å².